The summed E-state index contributed by atoms with van der Waals surface area (Å²) in [7, 11) is 0. The van der Waals surface area contributed by atoms with Crippen LogP contribution in [0.5, 0.6) is 11.5 Å². The molecule has 1 aromatic rings. The largest absolute Gasteiger partial charge is 0.492 e. The maximum Gasteiger partial charge on any atom is 0.412 e. The minimum Gasteiger partial charge on any atom is -0.492 e. The zero-order valence-electron chi connectivity index (χ0n) is 27.3. The topological polar surface area (TPSA) is 114 Å². The van der Waals surface area contributed by atoms with Gasteiger partial charge in [0.15, 0.2) is 5.75 Å². The predicted octanol–water partition coefficient (Wildman–Crippen LogP) is 7.01. The van der Waals surface area contributed by atoms with Crippen LogP contribution in [-0.2, 0) is 25.5 Å². The number of amides is 3. The number of fused-ring (bicyclic) bond motifs is 1. The molecule has 3 rings (SSSR count). The van der Waals surface area contributed by atoms with Gasteiger partial charge in [0.1, 0.15) is 17.9 Å². The van der Waals surface area contributed by atoms with Crippen LogP contribution in [0.15, 0.2) is 37.8 Å². The van der Waals surface area contributed by atoms with Gasteiger partial charge in [0.25, 0.3) is 11.8 Å². The fourth-order valence-corrected chi connectivity index (χ4v) is 7.30. The molecule has 0 unspecified atom stereocenters. The van der Waals surface area contributed by atoms with Crippen molar-refractivity contribution in [1.82, 2.24) is 15.3 Å². The highest BCUT2D eigenvalue weighted by Crippen LogP contribution is 2.60. The number of nitrogens with one attached hydrogen (secondary N) is 1. The Balaban J connectivity index is 1.99. The highest BCUT2D eigenvalue weighted by molar-refractivity contribution is 8.25. The Kier molecular flexibility index (Phi) is 14.6. The Hall–Kier alpha value is -3.12. The number of hydrazine groups is 1. The first-order valence-electron chi connectivity index (χ1n) is 16.0. The van der Waals surface area contributed by atoms with Crippen molar-refractivity contribution in [2.75, 3.05) is 32.8 Å². The number of ether oxygens (including phenoxy) is 3. The standard InChI is InChI=1S/C33H47N3O7S2/c1-7-11-15-23-21-24(41-19-14-10-4)27-28(26(23)43-33(40)34-16-20-42-31(39)22(5)6)45-32(44-27)25-29(37)35(17-12-8-2)36(30(25)38)18-13-9-3/h21H,5,7-20H2,1-4,6H3,(H,34,40). The second-order valence-electron chi connectivity index (χ2n) is 11.0. The van der Waals surface area contributed by atoms with Gasteiger partial charge in [-0.3, -0.25) is 9.59 Å². The molecule has 2 heterocycles. The van der Waals surface area contributed by atoms with Crippen LogP contribution in [0.3, 0.4) is 0 Å². The van der Waals surface area contributed by atoms with Gasteiger partial charge in [0.2, 0.25) is 0 Å². The van der Waals surface area contributed by atoms with Crippen molar-refractivity contribution >= 4 is 47.4 Å². The number of benzene rings is 1. The lowest BCUT2D eigenvalue weighted by Crippen LogP contribution is -2.42. The van der Waals surface area contributed by atoms with Gasteiger partial charge in [-0.25, -0.2) is 19.6 Å². The minimum absolute atomic E-state index is 0.0278. The molecule has 1 N–H and O–H groups in total. The highest BCUT2D eigenvalue weighted by Gasteiger charge is 2.45. The van der Waals surface area contributed by atoms with E-state index in [1.165, 1.54) is 23.5 Å². The summed E-state index contributed by atoms with van der Waals surface area (Å²) in [6.07, 6.45) is 6.98. The number of thioether (sulfide) groups is 2. The van der Waals surface area contributed by atoms with Crippen molar-refractivity contribution in [1.29, 1.82) is 0 Å². The summed E-state index contributed by atoms with van der Waals surface area (Å²) in [5, 5.41) is 5.81. The van der Waals surface area contributed by atoms with E-state index in [0.29, 0.717) is 46.7 Å². The van der Waals surface area contributed by atoms with E-state index < -0.39 is 12.1 Å². The molecule has 3 amide bonds. The van der Waals surface area contributed by atoms with E-state index in [2.05, 4.69) is 39.6 Å². The van der Waals surface area contributed by atoms with E-state index in [4.69, 9.17) is 14.2 Å². The number of hydrogen-bond donors (Lipinski definition) is 1. The summed E-state index contributed by atoms with van der Waals surface area (Å²) in [4.78, 5) is 53.5. The molecular formula is C33H47N3O7S2. The van der Waals surface area contributed by atoms with Gasteiger partial charge < -0.3 is 19.5 Å². The van der Waals surface area contributed by atoms with E-state index in [1.807, 2.05) is 6.07 Å². The molecular weight excluding hydrogens is 615 g/mol. The van der Waals surface area contributed by atoms with Gasteiger partial charge in [-0.2, -0.15) is 0 Å². The first-order valence-corrected chi connectivity index (χ1v) is 17.7. The van der Waals surface area contributed by atoms with Gasteiger partial charge in [-0.05, 0) is 50.7 Å². The number of hydrogen-bond acceptors (Lipinski definition) is 9. The van der Waals surface area contributed by atoms with Crippen LogP contribution in [0.25, 0.3) is 0 Å². The Morgan fingerprint density at radius 3 is 2.04 bits per heavy atom. The first-order chi connectivity index (χ1) is 21.7. The van der Waals surface area contributed by atoms with Gasteiger partial charge >= 0.3 is 12.1 Å². The number of unbranched alkanes of at least 4 members (excludes halogenated alkanes) is 4. The summed E-state index contributed by atoms with van der Waals surface area (Å²) < 4.78 is 17.8. The third-order valence-corrected chi connectivity index (χ3v) is 9.78. The second kappa shape index (κ2) is 18.1. The molecule has 0 aromatic heterocycles. The maximum atomic E-state index is 13.7. The summed E-state index contributed by atoms with van der Waals surface area (Å²) in [5.41, 5.74) is 1.23. The van der Waals surface area contributed by atoms with Crippen molar-refractivity contribution < 1.29 is 33.4 Å². The van der Waals surface area contributed by atoms with Crippen LogP contribution in [0.1, 0.15) is 91.5 Å². The van der Waals surface area contributed by atoms with E-state index in [9.17, 15) is 19.2 Å². The molecule has 12 heteroatoms. The lowest BCUT2D eigenvalue weighted by molar-refractivity contribution is -0.147. The first kappa shape index (κ1) is 36.3. The molecule has 45 heavy (non-hydrogen) atoms. The maximum absolute atomic E-state index is 13.7. The van der Waals surface area contributed by atoms with Crippen molar-refractivity contribution in [2.45, 2.75) is 102 Å². The van der Waals surface area contributed by atoms with Crippen molar-refractivity contribution in [3.8, 4) is 11.5 Å². The number of carbonyl (C=O) groups is 4. The number of nitrogens with zero attached hydrogens (tertiary/aromatic N) is 2. The zero-order valence-corrected chi connectivity index (χ0v) is 28.9. The molecule has 1 fully saturated rings. The second-order valence-corrected chi connectivity index (χ2v) is 13.3. The summed E-state index contributed by atoms with van der Waals surface area (Å²) >= 11 is 2.60. The van der Waals surface area contributed by atoms with Crippen LogP contribution < -0.4 is 14.8 Å². The monoisotopic (exact) mass is 661 g/mol. The van der Waals surface area contributed by atoms with Crippen LogP contribution in [0.4, 0.5) is 4.79 Å². The lowest BCUT2D eigenvalue weighted by atomic mass is 10.1. The van der Waals surface area contributed by atoms with Gasteiger partial charge in [0.05, 0.1) is 27.2 Å². The predicted molar refractivity (Wildman–Crippen MR) is 177 cm³/mol. The molecule has 1 saturated heterocycles. The van der Waals surface area contributed by atoms with Crippen molar-refractivity contribution in [3.63, 3.8) is 0 Å². The number of aryl methyl sites for hydroxylation is 1. The van der Waals surface area contributed by atoms with Gasteiger partial charge in [-0.15, -0.1) is 0 Å². The van der Waals surface area contributed by atoms with Crippen molar-refractivity contribution in [3.05, 3.63) is 33.6 Å². The quantitative estimate of drug-likeness (QED) is 0.0768. The lowest BCUT2D eigenvalue weighted by Gasteiger charge is -2.27. The van der Waals surface area contributed by atoms with E-state index in [0.717, 1.165) is 61.8 Å². The SMILES string of the molecule is C=C(C)C(=O)OCCNC(=O)Oc1c(CCCC)cc(OCCCC)c2c1SC(=C1C(=O)N(CCCC)N(CCCC)C1=O)S2. The smallest absolute Gasteiger partial charge is 0.412 e. The highest BCUT2D eigenvalue weighted by atomic mass is 32.2. The molecule has 2 aliphatic heterocycles. The Labute approximate surface area is 275 Å². The molecule has 0 radical (unpaired) electrons. The Morgan fingerprint density at radius 2 is 1.47 bits per heavy atom. The minimum atomic E-state index is -0.697. The molecule has 0 aliphatic carbocycles. The molecule has 0 atom stereocenters. The molecule has 248 valence electrons. The third-order valence-electron chi connectivity index (χ3n) is 7.16. The van der Waals surface area contributed by atoms with Gasteiger partial charge in [-0.1, -0.05) is 83.5 Å². The molecule has 0 saturated carbocycles. The fraction of sp³-hybridized carbons (Fsp3) is 0.576. The van der Waals surface area contributed by atoms with E-state index in [1.54, 1.807) is 16.9 Å². The Bertz CT molecular complexity index is 1270. The number of esters is 1. The fourth-order valence-electron chi connectivity index (χ4n) is 4.60. The molecule has 10 nitrogen and oxygen atoms in total. The zero-order chi connectivity index (χ0) is 32.9. The van der Waals surface area contributed by atoms with Crippen LogP contribution in [-0.4, -0.2) is 66.7 Å². The normalized spacial score (nSPS) is 14.2. The summed E-state index contributed by atoms with van der Waals surface area (Å²) in [5.74, 6) is -0.0850. The molecule has 0 bridgehead atoms. The third kappa shape index (κ3) is 9.45. The Morgan fingerprint density at radius 1 is 0.867 bits per heavy atom. The van der Waals surface area contributed by atoms with Crippen LogP contribution in [0, 0.1) is 0 Å². The summed E-state index contributed by atoms with van der Waals surface area (Å²) in [6, 6.07) is 1.92. The number of carbonyl (C=O) groups excluding carboxylic acids is 4. The van der Waals surface area contributed by atoms with Crippen molar-refractivity contribution in [2.24, 2.45) is 0 Å². The van der Waals surface area contributed by atoms with Crippen LogP contribution >= 0.6 is 23.5 Å². The molecule has 1 aromatic carbocycles. The van der Waals surface area contributed by atoms with Gasteiger partial charge in [0, 0.05) is 18.7 Å². The molecule has 2 aliphatic rings. The molecule has 0 spiro atoms. The number of rotatable bonds is 18. The average molecular weight is 662 g/mol. The summed E-state index contributed by atoms with van der Waals surface area (Å²) in [6.45, 7) is 14.9. The average Bonchev–Trinajstić information content (AvgIpc) is 3.55. The van der Waals surface area contributed by atoms with Crippen LogP contribution in [0.2, 0.25) is 0 Å². The van der Waals surface area contributed by atoms with E-state index in [-0.39, 0.29) is 36.1 Å². The van der Waals surface area contributed by atoms with E-state index >= 15 is 0 Å².